The maximum Gasteiger partial charge on any atom is 0.247 e. The zero-order valence-electron chi connectivity index (χ0n) is 22.6. The van der Waals surface area contributed by atoms with E-state index in [-0.39, 0.29) is 37.2 Å². The quantitative estimate of drug-likeness (QED) is 0.182. The molecule has 1 saturated heterocycles. The number of rotatable bonds is 9. The van der Waals surface area contributed by atoms with E-state index in [1.807, 2.05) is 25.1 Å². The zero-order chi connectivity index (χ0) is 28.5. The van der Waals surface area contributed by atoms with Gasteiger partial charge in [-0.1, -0.05) is 54.6 Å². The number of nitrogens with one attached hydrogen (secondary N) is 1. The molecule has 4 atom stereocenters. The number of primary amides is 1. The Labute approximate surface area is 229 Å². The molecule has 10 heteroatoms. The van der Waals surface area contributed by atoms with Crippen LogP contribution in [-0.4, -0.2) is 64.0 Å². The molecule has 1 aliphatic heterocycles. The molecule has 210 valence electrons. The summed E-state index contributed by atoms with van der Waals surface area (Å²) in [5.74, 6) is 5.85. The number of nitrogens with zero attached hydrogens (tertiary/aromatic N) is 2. The van der Waals surface area contributed by atoms with Crippen molar-refractivity contribution in [2.24, 2.45) is 23.2 Å². The van der Waals surface area contributed by atoms with Gasteiger partial charge in [-0.3, -0.25) is 14.4 Å². The van der Waals surface area contributed by atoms with Gasteiger partial charge in [-0.2, -0.15) is 0 Å². The summed E-state index contributed by atoms with van der Waals surface area (Å²) in [6.07, 6.45) is 4.03. The predicted molar refractivity (Wildman–Crippen MR) is 150 cm³/mol. The van der Waals surface area contributed by atoms with Gasteiger partial charge in [0.2, 0.25) is 18.2 Å². The second-order valence-corrected chi connectivity index (χ2v) is 10.2. The van der Waals surface area contributed by atoms with Crippen LogP contribution < -0.4 is 22.6 Å². The van der Waals surface area contributed by atoms with Crippen LogP contribution in [0.4, 0.5) is 0 Å². The second kappa shape index (κ2) is 13.8. The van der Waals surface area contributed by atoms with Gasteiger partial charge in [0.05, 0.1) is 6.10 Å². The molecule has 0 bridgehead atoms. The minimum absolute atomic E-state index is 0.103. The fraction of sp³-hybridized carbons (Fsp3) is 0.414. The van der Waals surface area contributed by atoms with Crippen molar-refractivity contribution < 1.29 is 19.5 Å². The molecule has 10 nitrogen and oxygen atoms in total. The van der Waals surface area contributed by atoms with Gasteiger partial charge in [0.25, 0.3) is 0 Å². The summed E-state index contributed by atoms with van der Waals surface area (Å²) in [4.78, 5) is 36.3. The Kier molecular flexibility index (Phi) is 10.5. The molecule has 4 unspecified atom stereocenters. The van der Waals surface area contributed by atoms with Crippen molar-refractivity contribution in [3.63, 3.8) is 0 Å². The van der Waals surface area contributed by atoms with Gasteiger partial charge in [0.15, 0.2) is 0 Å². The Balaban J connectivity index is 0.00000134. The molecule has 39 heavy (non-hydrogen) atoms. The molecule has 8 N–H and O–H groups in total. The van der Waals surface area contributed by atoms with Crippen molar-refractivity contribution in [2.75, 3.05) is 6.54 Å². The first-order valence-electron chi connectivity index (χ1n) is 13.2. The number of aliphatic hydroxyl groups is 1. The molecule has 3 amide bonds. The van der Waals surface area contributed by atoms with E-state index in [0.29, 0.717) is 18.0 Å². The molecule has 1 saturated carbocycles. The van der Waals surface area contributed by atoms with Crippen LogP contribution in [0.25, 0.3) is 11.1 Å². The number of hydrogen-bond donors (Lipinski definition) is 5. The minimum atomic E-state index is -0.754. The molecule has 2 aromatic carbocycles. The monoisotopic (exact) mass is 536 g/mol. The number of carbonyl (C=O) groups excluding carboxylic acids is 3. The van der Waals surface area contributed by atoms with Gasteiger partial charge in [0.1, 0.15) is 12.1 Å². The largest absolute Gasteiger partial charge is 0.401 e. The van der Waals surface area contributed by atoms with Crippen LogP contribution in [0.2, 0.25) is 0 Å². The first kappa shape index (κ1) is 29.7. The van der Waals surface area contributed by atoms with E-state index in [0.717, 1.165) is 29.5 Å². The zero-order valence-corrected chi connectivity index (χ0v) is 22.6. The van der Waals surface area contributed by atoms with Crippen molar-refractivity contribution in [3.05, 3.63) is 72.1 Å². The number of likely N-dealkylation sites (tertiary alicyclic amines) is 1. The summed E-state index contributed by atoms with van der Waals surface area (Å²) < 4.78 is 0. The predicted octanol–water partition coefficient (Wildman–Crippen LogP) is 1.24. The van der Waals surface area contributed by atoms with Gasteiger partial charge >= 0.3 is 0 Å². The summed E-state index contributed by atoms with van der Waals surface area (Å²) >= 11 is 0. The number of nitrogens with two attached hydrogens (primary N) is 3. The lowest BCUT2D eigenvalue weighted by Crippen LogP contribution is -2.54. The van der Waals surface area contributed by atoms with Gasteiger partial charge in [0, 0.05) is 36.8 Å². The highest BCUT2D eigenvalue weighted by atomic mass is 16.3. The fourth-order valence-corrected chi connectivity index (χ4v) is 4.69. The molecular weight excluding hydrogens is 496 g/mol. The SMILES string of the molecule is CC(Cc1ccc(-c2ccccc2)cc1)NC(=O)C1CC(O)CN1C(=O)C(C)N(N)/C=C(\N)C1CC1.NC=O. The van der Waals surface area contributed by atoms with E-state index in [9.17, 15) is 14.7 Å². The van der Waals surface area contributed by atoms with E-state index < -0.39 is 18.2 Å². The Morgan fingerprint density at radius 2 is 1.69 bits per heavy atom. The number of carbonyl (C=O) groups is 3. The average molecular weight is 537 g/mol. The number of aliphatic hydroxyl groups excluding tert-OH is 1. The van der Waals surface area contributed by atoms with Crippen LogP contribution in [0.15, 0.2) is 66.5 Å². The highest BCUT2D eigenvalue weighted by Crippen LogP contribution is 2.33. The molecule has 1 aliphatic carbocycles. The highest BCUT2D eigenvalue weighted by molar-refractivity contribution is 5.90. The number of hydrogen-bond acceptors (Lipinski definition) is 7. The maximum absolute atomic E-state index is 13.2. The average Bonchev–Trinajstić information content (AvgIpc) is 3.70. The Morgan fingerprint density at radius 1 is 1.10 bits per heavy atom. The summed E-state index contributed by atoms with van der Waals surface area (Å²) in [5.41, 5.74) is 14.3. The van der Waals surface area contributed by atoms with Crippen LogP contribution in [0.1, 0.15) is 38.7 Å². The molecule has 0 spiro atoms. The normalized spacial score (nSPS) is 20.3. The van der Waals surface area contributed by atoms with Crippen LogP contribution >= 0.6 is 0 Å². The van der Waals surface area contributed by atoms with Crippen LogP contribution in [0.5, 0.6) is 0 Å². The first-order valence-corrected chi connectivity index (χ1v) is 13.2. The van der Waals surface area contributed by atoms with Crippen molar-refractivity contribution in [2.45, 2.75) is 63.8 Å². The number of hydrazine groups is 1. The third kappa shape index (κ3) is 8.30. The van der Waals surface area contributed by atoms with Crippen molar-refractivity contribution in [1.29, 1.82) is 0 Å². The number of amides is 3. The topological polar surface area (TPSA) is 168 Å². The molecule has 2 fully saturated rings. The van der Waals surface area contributed by atoms with Gasteiger partial charge in [-0.25, -0.2) is 5.84 Å². The van der Waals surface area contributed by atoms with E-state index in [1.54, 1.807) is 13.1 Å². The maximum atomic E-state index is 13.2. The van der Waals surface area contributed by atoms with E-state index >= 15 is 0 Å². The number of allylic oxidation sites excluding steroid dienone is 1. The van der Waals surface area contributed by atoms with Crippen molar-refractivity contribution in [3.8, 4) is 11.1 Å². The molecule has 2 aliphatic rings. The Bertz CT molecular complexity index is 1140. The number of β-amino-alcohol motifs (C(OH)–C–C–N with tert-alkyl or cyclic N) is 1. The van der Waals surface area contributed by atoms with Crippen LogP contribution in [0.3, 0.4) is 0 Å². The summed E-state index contributed by atoms with van der Waals surface area (Å²) in [7, 11) is 0. The minimum Gasteiger partial charge on any atom is -0.401 e. The highest BCUT2D eigenvalue weighted by Gasteiger charge is 2.41. The smallest absolute Gasteiger partial charge is 0.247 e. The lowest BCUT2D eigenvalue weighted by Gasteiger charge is -2.30. The molecule has 0 radical (unpaired) electrons. The molecular formula is C29H40N6O4. The fourth-order valence-electron chi connectivity index (χ4n) is 4.69. The molecule has 4 rings (SSSR count). The van der Waals surface area contributed by atoms with Crippen LogP contribution in [-0.2, 0) is 20.8 Å². The summed E-state index contributed by atoms with van der Waals surface area (Å²) in [6, 6.07) is 16.9. The molecule has 0 aromatic heterocycles. The summed E-state index contributed by atoms with van der Waals surface area (Å²) in [5, 5.41) is 14.6. The van der Waals surface area contributed by atoms with Gasteiger partial charge < -0.3 is 31.8 Å². The van der Waals surface area contributed by atoms with Crippen LogP contribution in [0, 0.1) is 5.92 Å². The van der Waals surface area contributed by atoms with Crippen molar-refractivity contribution >= 4 is 18.2 Å². The first-order chi connectivity index (χ1) is 18.6. The lowest BCUT2D eigenvalue weighted by molar-refractivity contribution is -0.142. The van der Waals surface area contributed by atoms with E-state index in [4.69, 9.17) is 16.4 Å². The Hall–Kier alpha value is -3.89. The van der Waals surface area contributed by atoms with Gasteiger partial charge in [-0.15, -0.1) is 0 Å². The van der Waals surface area contributed by atoms with E-state index in [2.05, 4.69) is 47.4 Å². The molecule has 1 heterocycles. The molecule has 2 aromatic rings. The summed E-state index contributed by atoms with van der Waals surface area (Å²) in [6.45, 7) is 3.73. The third-order valence-corrected chi connectivity index (χ3v) is 7.01. The standard InChI is InChI=1S/C28H37N5O3.CH3NO/c1-18(14-20-8-10-22(11-9-20)21-6-4-3-5-7-21)31-27(35)26-15-24(34)16-32(26)28(36)19(2)33(30)17-25(29)23-12-13-23;2-1-3/h3-11,17-19,23-24,26,34H,12-16,29-30H2,1-2H3,(H,31,35);1H,(H2,2,3)/b25-17-;. The third-order valence-electron chi connectivity index (χ3n) is 7.01. The second-order valence-electron chi connectivity index (χ2n) is 10.2. The van der Waals surface area contributed by atoms with Gasteiger partial charge in [-0.05, 0) is 49.8 Å². The van der Waals surface area contributed by atoms with E-state index in [1.165, 1.54) is 9.91 Å². The lowest BCUT2D eigenvalue weighted by atomic mass is 10.0. The Morgan fingerprint density at radius 3 is 2.28 bits per heavy atom. The van der Waals surface area contributed by atoms with Crippen molar-refractivity contribution in [1.82, 2.24) is 15.2 Å². The number of benzene rings is 2.